The monoisotopic (exact) mass is 305 g/mol. The van der Waals surface area contributed by atoms with E-state index in [0.717, 1.165) is 11.8 Å². The van der Waals surface area contributed by atoms with Crippen LogP contribution in [-0.4, -0.2) is 19.0 Å². The highest BCUT2D eigenvalue weighted by Gasteiger charge is 2.40. The molecule has 1 fully saturated rings. The minimum Gasteiger partial charge on any atom is -0.381 e. The highest BCUT2D eigenvalue weighted by atomic mass is 15.1. The first-order chi connectivity index (χ1) is 10.5. The van der Waals surface area contributed by atoms with Crippen molar-refractivity contribution in [2.75, 3.05) is 14.1 Å². The Labute approximate surface area is 139 Å². The molecule has 0 aliphatic heterocycles. The summed E-state index contributed by atoms with van der Waals surface area (Å²) in [5.74, 6) is 1.63. The van der Waals surface area contributed by atoms with Crippen molar-refractivity contribution < 1.29 is 0 Å². The average molecular weight is 306 g/mol. The number of rotatable bonds is 9. The minimum absolute atomic E-state index is 0.586. The Morgan fingerprint density at radius 2 is 1.73 bits per heavy atom. The van der Waals surface area contributed by atoms with Crippen LogP contribution in [0.5, 0.6) is 0 Å². The van der Waals surface area contributed by atoms with Crippen molar-refractivity contribution in [2.45, 2.75) is 78.6 Å². The van der Waals surface area contributed by atoms with E-state index in [0.29, 0.717) is 5.41 Å². The first-order valence-electron chi connectivity index (χ1n) is 9.51. The second-order valence-corrected chi connectivity index (χ2v) is 7.72. The lowest BCUT2D eigenvalue weighted by atomic mass is 9.60. The fraction of sp³-hybridized carbons (Fsp3) is 0.810. The van der Waals surface area contributed by atoms with Gasteiger partial charge in [-0.15, -0.1) is 0 Å². The number of hydrogen-bond acceptors (Lipinski definition) is 1. The van der Waals surface area contributed by atoms with Crippen molar-refractivity contribution in [2.24, 2.45) is 17.3 Å². The Balaban J connectivity index is 3.05. The van der Waals surface area contributed by atoms with Crippen LogP contribution in [0.25, 0.3) is 0 Å². The van der Waals surface area contributed by atoms with Crippen LogP contribution in [0.4, 0.5) is 0 Å². The molecule has 1 saturated carbocycles. The van der Waals surface area contributed by atoms with Crippen molar-refractivity contribution in [3.63, 3.8) is 0 Å². The van der Waals surface area contributed by atoms with Gasteiger partial charge in [-0.05, 0) is 55.4 Å². The number of nitrogens with zero attached hydrogens (tertiary/aromatic N) is 1. The first kappa shape index (κ1) is 19.3. The third kappa shape index (κ3) is 5.18. The molecule has 2 unspecified atom stereocenters. The molecule has 0 amide bonds. The lowest BCUT2D eigenvalue weighted by Crippen LogP contribution is -2.36. The topological polar surface area (TPSA) is 3.24 Å². The summed E-state index contributed by atoms with van der Waals surface area (Å²) in [6.45, 7) is 11.0. The summed E-state index contributed by atoms with van der Waals surface area (Å²) in [4.78, 5) is 2.32. The van der Waals surface area contributed by atoms with E-state index >= 15 is 0 Å². The van der Waals surface area contributed by atoms with Gasteiger partial charge in [0, 0.05) is 19.8 Å². The zero-order valence-electron chi connectivity index (χ0n) is 15.8. The van der Waals surface area contributed by atoms with E-state index in [-0.39, 0.29) is 0 Å². The molecule has 0 aromatic rings. The zero-order chi connectivity index (χ0) is 16.6. The van der Waals surface area contributed by atoms with Crippen LogP contribution in [0.1, 0.15) is 78.6 Å². The summed E-state index contributed by atoms with van der Waals surface area (Å²) in [7, 11) is 4.39. The third-order valence-electron chi connectivity index (χ3n) is 5.50. The van der Waals surface area contributed by atoms with Crippen LogP contribution >= 0.6 is 0 Å². The first-order valence-corrected chi connectivity index (χ1v) is 9.51. The standard InChI is InChI=1S/C21H39N/c1-7-11-18-15-19(20(12-8-2)22(5)6)17-21(16-18,13-9-3)14-10-4/h8,12,18-19H,2,7,9-11,13-17H2,1,3-6H3/b20-12-. The third-order valence-corrected chi connectivity index (χ3v) is 5.50. The predicted molar refractivity (Wildman–Crippen MR) is 100.0 cm³/mol. The zero-order valence-corrected chi connectivity index (χ0v) is 15.8. The maximum Gasteiger partial charge on any atom is 0.0159 e. The van der Waals surface area contributed by atoms with Gasteiger partial charge in [-0.3, -0.25) is 0 Å². The number of hydrogen-bond donors (Lipinski definition) is 0. The Morgan fingerprint density at radius 1 is 1.09 bits per heavy atom. The van der Waals surface area contributed by atoms with Crippen molar-refractivity contribution in [3.8, 4) is 0 Å². The smallest absolute Gasteiger partial charge is 0.0159 e. The molecular weight excluding hydrogens is 266 g/mol. The molecule has 1 aliphatic rings. The lowest BCUT2D eigenvalue weighted by Gasteiger charge is -2.46. The highest BCUT2D eigenvalue weighted by molar-refractivity contribution is 5.14. The van der Waals surface area contributed by atoms with E-state index in [9.17, 15) is 0 Å². The van der Waals surface area contributed by atoms with E-state index in [1.165, 1.54) is 63.5 Å². The molecule has 1 rings (SSSR count). The normalized spacial score (nSPS) is 25.0. The van der Waals surface area contributed by atoms with Crippen molar-refractivity contribution in [3.05, 3.63) is 24.4 Å². The number of allylic oxidation sites excluding steroid dienone is 3. The van der Waals surface area contributed by atoms with E-state index < -0.39 is 0 Å². The van der Waals surface area contributed by atoms with Gasteiger partial charge in [0.2, 0.25) is 0 Å². The summed E-state index contributed by atoms with van der Waals surface area (Å²) in [5.41, 5.74) is 2.08. The van der Waals surface area contributed by atoms with E-state index in [4.69, 9.17) is 0 Å². The molecule has 128 valence electrons. The summed E-state index contributed by atoms with van der Waals surface area (Å²) >= 11 is 0. The van der Waals surface area contributed by atoms with Gasteiger partial charge in [0.15, 0.2) is 0 Å². The van der Waals surface area contributed by atoms with Crippen LogP contribution in [0.2, 0.25) is 0 Å². The molecule has 0 aromatic heterocycles. The van der Waals surface area contributed by atoms with Crippen LogP contribution in [-0.2, 0) is 0 Å². The molecule has 0 saturated heterocycles. The van der Waals surface area contributed by atoms with E-state index in [2.05, 4.69) is 52.4 Å². The van der Waals surface area contributed by atoms with Gasteiger partial charge in [-0.1, -0.05) is 59.1 Å². The largest absolute Gasteiger partial charge is 0.381 e. The van der Waals surface area contributed by atoms with Gasteiger partial charge in [0.05, 0.1) is 0 Å². The highest BCUT2D eigenvalue weighted by Crippen LogP contribution is 2.51. The maximum atomic E-state index is 3.94. The van der Waals surface area contributed by atoms with Gasteiger partial charge < -0.3 is 4.90 Å². The second-order valence-electron chi connectivity index (χ2n) is 7.72. The summed E-state index contributed by atoms with van der Waals surface area (Å²) in [6.07, 6.45) is 16.7. The summed E-state index contributed by atoms with van der Waals surface area (Å²) in [5, 5.41) is 0. The Morgan fingerprint density at radius 3 is 2.18 bits per heavy atom. The Bertz CT molecular complexity index is 347. The molecule has 22 heavy (non-hydrogen) atoms. The maximum absolute atomic E-state index is 3.94. The minimum atomic E-state index is 0.586. The van der Waals surface area contributed by atoms with Crippen LogP contribution < -0.4 is 0 Å². The predicted octanol–water partition coefficient (Wildman–Crippen LogP) is 6.42. The van der Waals surface area contributed by atoms with Crippen molar-refractivity contribution in [1.29, 1.82) is 0 Å². The quantitative estimate of drug-likeness (QED) is 0.444. The average Bonchev–Trinajstić information content (AvgIpc) is 2.45. The molecule has 2 atom stereocenters. The van der Waals surface area contributed by atoms with Crippen LogP contribution in [0.15, 0.2) is 24.4 Å². The van der Waals surface area contributed by atoms with Crippen LogP contribution in [0, 0.1) is 17.3 Å². The summed E-state index contributed by atoms with van der Waals surface area (Å²) < 4.78 is 0. The molecule has 1 aliphatic carbocycles. The molecular formula is C21H39N. The molecule has 0 radical (unpaired) electrons. The second kappa shape index (κ2) is 9.43. The molecule has 0 spiro atoms. The molecule has 0 heterocycles. The van der Waals surface area contributed by atoms with Crippen LogP contribution in [0.3, 0.4) is 0 Å². The van der Waals surface area contributed by atoms with Crippen molar-refractivity contribution in [1.82, 2.24) is 4.90 Å². The molecule has 1 nitrogen and oxygen atoms in total. The molecule has 0 bridgehead atoms. The fourth-order valence-electron chi connectivity index (χ4n) is 5.01. The molecule has 1 heteroatoms. The van der Waals surface area contributed by atoms with Gasteiger partial charge >= 0.3 is 0 Å². The molecule has 0 aromatic carbocycles. The fourth-order valence-corrected chi connectivity index (χ4v) is 5.01. The Kier molecular flexibility index (Phi) is 8.28. The van der Waals surface area contributed by atoms with Gasteiger partial charge in [-0.2, -0.15) is 0 Å². The van der Waals surface area contributed by atoms with Gasteiger partial charge in [0.1, 0.15) is 0 Å². The van der Waals surface area contributed by atoms with Crippen molar-refractivity contribution >= 4 is 0 Å². The SMILES string of the molecule is C=C/C=C(/C1CC(CCC)CC(CCC)(CCC)C1)N(C)C. The lowest BCUT2D eigenvalue weighted by molar-refractivity contribution is 0.0697. The Hall–Kier alpha value is -0.720. The van der Waals surface area contributed by atoms with E-state index in [1.807, 2.05) is 6.08 Å². The molecule has 0 N–H and O–H groups in total. The van der Waals surface area contributed by atoms with E-state index in [1.54, 1.807) is 0 Å². The van der Waals surface area contributed by atoms with Gasteiger partial charge in [-0.25, -0.2) is 0 Å². The van der Waals surface area contributed by atoms with Gasteiger partial charge in [0.25, 0.3) is 0 Å². The summed E-state index contributed by atoms with van der Waals surface area (Å²) in [6, 6.07) is 0.